The molecule has 1 fully saturated rings. The summed E-state index contributed by atoms with van der Waals surface area (Å²) in [6.45, 7) is 8.33. The largest absolute Gasteiger partial charge is 0.314 e. The highest BCUT2D eigenvalue weighted by atomic mass is 14.9. The van der Waals surface area contributed by atoms with E-state index in [0.717, 1.165) is 17.9 Å². The van der Waals surface area contributed by atoms with E-state index in [4.69, 9.17) is 0 Å². The normalized spacial score (nSPS) is 26.4. The van der Waals surface area contributed by atoms with Crippen LogP contribution in [0.4, 0.5) is 0 Å². The van der Waals surface area contributed by atoms with Gasteiger partial charge in [0.1, 0.15) is 0 Å². The maximum atomic E-state index is 3.59. The molecule has 0 bridgehead atoms. The maximum Gasteiger partial charge on any atom is 0.00676 e. The molecule has 1 heteroatoms. The minimum atomic E-state index is 0.841. The van der Waals surface area contributed by atoms with Gasteiger partial charge in [-0.15, -0.1) is 0 Å². The first kappa shape index (κ1) is 12.0. The van der Waals surface area contributed by atoms with Crippen molar-refractivity contribution >= 4 is 0 Å². The molecule has 0 aromatic rings. The summed E-state index contributed by atoms with van der Waals surface area (Å²) in [6.07, 6.45) is 8.35. The van der Waals surface area contributed by atoms with Crippen molar-refractivity contribution in [2.45, 2.75) is 65.3 Å². The molecule has 84 valence electrons. The second kappa shape index (κ2) is 6.44. The Kier molecular flexibility index (Phi) is 5.54. The van der Waals surface area contributed by atoms with Crippen molar-refractivity contribution in [2.24, 2.45) is 11.8 Å². The molecule has 3 atom stereocenters. The molecule has 0 aliphatic carbocycles. The van der Waals surface area contributed by atoms with Crippen LogP contribution in [0.1, 0.15) is 59.3 Å². The van der Waals surface area contributed by atoms with E-state index >= 15 is 0 Å². The number of hydrogen-bond acceptors (Lipinski definition) is 1. The van der Waals surface area contributed by atoms with Gasteiger partial charge in [-0.2, -0.15) is 0 Å². The first-order valence-corrected chi connectivity index (χ1v) is 6.51. The fourth-order valence-electron chi connectivity index (χ4n) is 2.64. The van der Waals surface area contributed by atoms with Crippen molar-refractivity contribution in [3.05, 3.63) is 0 Å². The van der Waals surface area contributed by atoms with Crippen molar-refractivity contribution < 1.29 is 0 Å². The summed E-state index contributed by atoms with van der Waals surface area (Å²) in [5, 5.41) is 3.59. The Morgan fingerprint density at radius 3 is 2.57 bits per heavy atom. The van der Waals surface area contributed by atoms with E-state index in [1.165, 1.54) is 45.1 Å². The molecule has 1 heterocycles. The van der Waals surface area contributed by atoms with Gasteiger partial charge in [0.25, 0.3) is 0 Å². The van der Waals surface area contributed by atoms with Crippen LogP contribution in [0.3, 0.4) is 0 Å². The minimum absolute atomic E-state index is 0.841. The predicted molar refractivity (Wildman–Crippen MR) is 63.5 cm³/mol. The maximum absolute atomic E-state index is 3.59. The van der Waals surface area contributed by atoms with E-state index in [0.29, 0.717) is 0 Å². The molecule has 0 radical (unpaired) electrons. The van der Waals surface area contributed by atoms with Gasteiger partial charge in [-0.3, -0.25) is 0 Å². The highest BCUT2D eigenvalue weighted by Crippen LogP contribution is 2.25. The lowest BCUT2D eigenvalue weighted by atomic mass is 9.85. The van der Waals surface area contributed by atoms with Crippen molar-refractivity contribution in [1.82, 2.24) is 5.32 Å². The Morgan fingerprint density at radius 2 is 2.07 bits per heavy atom. The van der Waals surface area contributed by atoms with Gasteiger partial charge in [0.2, 0.25) is 0 Å². The molecule has 0 aromatic heterocycles. The van der Waals surface area contributed by atoms with E-state index in [1.807, 2.05) is 0 Å². The Balaban J connectivity index is 2.19. The Hall–Kier alpha value is -0.0400. The summed E-state index contributed by atoms with van der Waals surface area (Å²) >= 11 is 0. The van der Waals surface area contributed by atoms with Gasteiger partial charge in [-0.25, -0.2) is 0 Å². The predicted octanol–water partition coefficient (Wildman–Crippen LogP) is 3.59. The summed E-state index contributed by atoms with van der Waals surface area (Å²) in [5.74, 6) is 1.88. The van der Waals surface area contributed by atoms with Crippen molar-refractivity contribution in [1.29, 1.82) is 0 Å². The zero-order valence-corrected chi connectivity index (χ0v) is 10.2. The van der Waals surface area contributed by atoms with Crippen LogP contribution in [-0.2, 0) is 0 Å². The molecule has 1 nitrogen and oxygen atoms in total. The average Bonchev–Trinajstić information content (AvgIpc) is 2.71. The minimum Gasteiger partial charge on any atom is -0.314 e. The van der Waals surface area contributed by atoms with Gasteiger partial charge in [-0.1, -0.05) is 33.6 Å². The van der Waals surface area contributed by atoms with Gasteiger partial charge < -0.3 is 5.32 Å². The molecule has 1 N–H and O–H groups in total. The second-order valence-corrected chi connectivity index (χ2v) is 4.92. The number of nitrogens with one attached hydrogen (secondary N) is 1. The molecule has 1 aliphatic heterocycles. The molecule has 0 amide bonds. The van der Waals surface area contributed by atoms with Gasteiger partial charge in [0.05, 0.1) is 0 Å². The SMILES string of the molecule is CCC(CCC1CCCN1)[C@@H](C)CC. The lowest BCUT2D eigenvalue weighted by Crippen LogP contribution is -2.23. The van der Waals surface area contributed by atoms with Crippen LogP contribution < -0.4 is 5.32 Å². The van der Waals surface area contributed by atoms with Crippen LogP contribution in [0, 0.1) is 11.8 Å². The Bertz CT molecular complexity index is 138. The van der Waals surface area contributed by atoms with Crippen molar-refractivity contribution in [2.75, 3.05) is 6.54 Å². The van der Waals surface area contributed by atoms with E-state index < -0.39 is 0 Å². The molecule has 1 rings (SSSR count). The van der Waals surface area contributed by atoms with Gasteiger partial charge in [-0.05, 0) is 44.1 Å². The van der Waals surface area contributed by atoms with Crippen molar-refractivity contribution in [3.63, 3.8) is 0 Å². The topological polar surface area (TPSA) is 12.0 Å². The molecule has 1 aliphatic rings. The molecule has 0 spiro atoms. The zero-order valence-electron chi connectivity index (χ0n) is 10.2. The van der Waals surface area contributed by atoms with Crippen LogP contribution in [0.2, 0.25) is 0 Å². The third kappa shape index (κ3) is 3.61. The molecule has 1 saturated heterocycles. The summed E-state index contributed by atoms with van der Waals surface area (Å²) in [5.41, 5.74) is 0. The first-order valence-electron chi connectivity index (χ1n) is 6.51. The third-order valence-corrected chi connectivity index (χ3v) is 4.02. The number of rotatable bonds is 6. The van der Waals surface area contributed by atoms with Crippen LogP contribution in [0.5, 0.6) is 0 Å². The molecule has 2 unspecified atom stereocenters. The Labute approximate surface area is 89.7 Å². The van der Waals surface area contributed by atoms with E-state index in [1.54, 1.807) is 0 Å². The standard InChI is InChI=1S/C13H27N/c1-4-11(3)12(5-2)8-9-13-7-6-10-14-13/h11-14H,4-10H2,1-3H3/t11-,12?,13?/m0/s1. The number of hydrogen-bond donors (Lipinski definition) is 1. The molecular weight excluding hydrogens is 170 g/mol. The quantitative estimate of drug-likeness (QED) is 0.686. The zero-order chi connectivity index (χ0) is 10.4. The van der Waals surface area contributed by atoms with E-state index in [9.17, 15) is 0 Å². The van der Waals surface area contributed by atoms with Gasteiger partial charge in [0, 0.05) is 6.04 Å². The molecule has 0 aromatic carbocycles. The lowest BCUT2D eigenvalue weighted by Gasteiger charge is -2.23. The monoisotopic (exact) mass is 197 g/mol. The van der Waals surface area contributed by atoms with Gasteiger partial charge >= 0.3 is 0 Å². The Morgan fingerprint density at radius 1 is 1.29 bits per heavy atom. The highest BCUT2D eigenvalue weighted by molar-refractivity contribution is 4.76. The van der Waals surface area contributed by atoms with Crippen LogP contribution >= 0.6 is 0 Å². The van der Waals surface area contributed by atoms with Crippen LogP contribution in [0.15, 0.2) is 0 Å². The summed E-state index contributed by atoms with van der Waals surface area (Å²) in [4.78, 5) is 0. The molecule has 14 heavy (non-hydrogen) atoms. The van der Waals surface area contributed by atoms with Crippen LogP contribution in [-0.4, -0.2) is 12.6 Å². The van der Waals surface area contributed by atoms with E-state index in [2.05, 4.69) is 26.1 Å². The fraction of sp³-hybridized carbons (Fsp3) is 1.00. The summed E-state index contributed by atoms with van der Waals surface area (Å²) in [7, 11) is 0. The van der Waals surface area contributed by atoms with E-state index in [-0.39, 0.29) is 0 Å². The van der Waals surface area contributed by atoms with Crippen LogP contribution in [0.25, 0.3) is 0 Å². The lowest BCUT2D eigenvalue weighted by molar-refractivity contribution is 0.298. The average molecular weight is 197 g/mol. The second-order valence-electron chi connectivity index (χ2n) is 4.92. The fourth-order valence-corrected chi connectivity index (χ4v) is 2.64. The van der Waals surface area contributed by atoms with Crippen molar-refractivity contribution in [3.8, 4) is 0 Å². The summed E-state index contributed by atoms with van der Waals surface area (Å²) < 4.78 is 0. The van der Waals surface area contributed by atoms with Gasteiger partial charge in [0.15, 0.2) is 0 Å². The highest BCUT2D eigenvalue weighted by Gasteiger charge is 2.18. The third-order valence-electron chi connectivity index (χ3n) is 4.02. The summed E-state index contributed by atoms with van der Waals surface area (Å²) in [6, 6.07) is 0.841. The first-order chi connectivity index (χ1) is 6.77. The molecule has 0 saturated carbocycles. The molecular formula is C13H27N. The smallest absolute Gasteiger partial charge is 0.00676 e.